The first kappa shape index (κ1) is 13.8. The number of hydrazine groups is 1. The lowest BCUT2D eigenvalue weighted by Gasteiger charge is -2.15. The van der Waals surface area contributed by atoms with Crippen LogP contribution in [0.5, 0.6) is 5.75 Å². The fraction of sp³-hybridized carbons (Fsp3) is 0.357. The van der Waals surface area contributed by atoms with E-state index in [4.69, 9.17) is 10.6 Å². The summed E-state index contributed by atoms with van der Waals surface area (Å²) in [6.45, 7) is 6.38. The second-order valence-electron chi connectivity index (χ2n) is 4.75. The Hall–Kier alpha value is -1.59. The van der Waals surface area contributed by atoms with Crippen LogP contribution in [-0.2, 0) is 0 Å². The second-order valence-corrected chi connectivity index (χ2v) is 5.60. The van der Waals surface area contributed by atoms with Crippen molar-refractivity contribution < 1.29 is 4.74 Å². The molecule has 0 radical (unpaired) electrons. The van der Waals surface area contributed by atoms with Crippen molar-refractivity contribution in [2.75, 3.05) is 12.5 Å². The molecule has 0 saturated carbocycles. The zero-order chi connectivity index (χ0) is 14.0. The number of nitrogens with two attached hydrogens (primary N) is 1. The minimum Gasteiger partial charge on any atom is -0.496 e. The van der Waals surface area contributed by atoms with Crippen LogP contribution >= 0.6 is 11.3 Å². The average Bonchev–Trinajstić information content (AvgIpc) is 2.86. The number of nitrogen functional groups attached to an aromatic ring is 1. The molecule has 2 aromatic rings. The number of methoxy groups -OCH3 is 1. The second kappa shape index (κ2) is 5.59. The Labute approximate surface area is 117 Å². The quantitative estimate of drug-likeness (QED) is 0.663. The number of hydrogen-bond acceptors (Lipinski definition) is 5. The van der Waals surface area contributed by atoms with Gasteiger partial charge in [0.25, 0.3) is 0 Å². The summed E-state index contributed by atoms with van der Waals surface area (Å²) in [7, 11) is 1.71. The van der Waals surface area contributed by atoms with Crippen molar-refractivity contribution >= 4 is 16.5 Å². The third kappa shape index (κ3) is 2.72. The molecule has 1 aromatic heterocycles. The first-order valence-electron chi connectivity index (χ1n) is 6.17. The summed E-state index contributed by atoms with van der Waals surface area (Å²) < 4.78 is 5.45. The van der Waals surface area contributed by atoms with Crippen molar-refractivity contribution in [1.29, 1.82) is 0 Å². The molecule has 3 N–H and O–H groups in total. The summed E-state index contributed by atoms with van der Waals surface area (Å²) in [6.07, 6.45) is 0. The van der Waals surface area contributed by atoms with Gasteiger partial charge in [0.15, 0.2) is 5.13 Å². The van der Waals surface area contributed by atoms with Gasteiger partial charge in [-0.3, -0.25) is 5.43 Å². The Balaban J connectivity index is 2.54. The number of ether oxygens (including phenoxy) is 1. The number of thiazole rings is 1. The van der Waals surface area contributed by atoms with E-state index in [0.717, 1.165) is 27.7 Å². The zero-order valence-corrected chi connectivity index (χ0v) is 12.5. The van der Waals surface area contributed by atoms with Crippen molar-refractivity contribution in [1.82, 2.24) is 4.98 Å². The van der Waals surface area contributed by atoms with Gasteiger partial charge >= 0.3 is 0 Å². The maximum atomic E-state index is 5.45. The van der Waals surface area contributed by atoms with Gasteiger partial charge in [0.05, 0.1) is 12.8 Å². The van der Waals surface area contributed by atoms with E-state index in [1.807, 2.05) is 5.38 Å². The topological polar surface area (TPSA) is 60.2 Å². The predicted molar refractivity (Wildman–Crippen MR) is 80.7 cm³/mol. The highest BCUT2D eigenvalue weighted by Crippen LogP contribution is 2.35. The number of nitrogens with zero attached hydrogens (tertiary/aromatic N) is 1. The van der Waals surface area contributed by atoms with Crippen LogP contribution in [0.1, 0.15) is 30.9 Å². The molecule has 0 aliphatic rings. The summed E-state index contributed by atoms with van der Waals surface area (Å²) in [4.78, 5) is 4.46. The SMILES string of the molecule is COc1cc(C)c(-c2csc(NN)n2)cc1C(C)C. The molecule has 0 aliphatic heterocycles. The molecule has 102 valence electrons. The van der Waals surface area contributed by atoms with Gasteiger partial charge in [0, 0.05) is 10.9 Å². The molecule has 5 heteroatoms. The predicted octanol–water partition coefficient (Wildman–Crippen LogP) is 3.54. The summed E-state index contributed by atoms with van der Waals surface area (Å²) >= 11 is 1.50. The molecule has 1 heterocycles. The molecular weight excluding hydrogens is 258 g/mol. The zero-order valence-electron chi connectivity index (χ0n) is 11.7. The maximum Gasteiger partial charge on any atom is 0.197 e. The van der Waals surface area contributed by atoms with Gasteiger partial charge in [-0.15, -0.1) is 11.3 Å². The van der Waals surface area contributed by atoms with Crippen LogP contribution in [0.2, 0.25) is 0 Å². The molecule has 1 aromatic carbocycles. The first-order chi connectivity index (χ1) is 9.06. The highest BCUT2D eigenvalue weighted by molar-refractivity contribution is 7.14. The molecule has 0 saturated heterocycles. The molecule has 0 spiro atoms. The number of aromatic nitrogens is 1. The van der Waals surface area contributed by atoms with Crippen molar-refractivity contribution in [3.05, 3.63) is 28.6 Å². The lowest BCUT2D eigenvalue weighted by molar-refractivity contribution is 0.407. The average molecular weight is 277 g/mol. The van der Waals surface area contributed by atoms with Crippen LogP contribution < -0.4 is 16.0 Å². The minimum absolute atomic E-state index is 0.403. The molecule has 0 aliphatic carbocycles. The van der Waals surface area contributed by atoms with Gasteiger partial charge < -0.3 is 4.74 Å². The number of benzene rings is 1. The maximum absolute atomic E-state index is 5.45. The van der Waals surface area contributed by atoms with E-state index in [-0.39, 0.29) is 0 Å². The van der Waals surface area contributed by atoms with Gasteiger partial charge in [-0.05, 0) is 36.1 Å². The molecule has 0 amide bonds. The van der Waals surface area contributed by atoms with E-state index in [1.165, 1.54) is 16.9 Å². The molecule has 4 nitrogen and oxygen atoms in total. The van der Waals surface area contributed by atoms with E-state index in [0.29, 0.717) is 5.92 Å². The molecule has 0 atom stereocenters. The Morgan fingerprint density at radius 3 is 2.63 bits per heavy atom. The highest BCUT2D eigenvalue weighted by Gasteiger charge is 2.14. The fourth-order valence-corrected chi connectivity index (χ4v) is 2.69. The van der Waals surface area contributed by atoms with Crippen molar-refractivity contribution in [3.8, 4) is 17.0 Å². The van der Waals surface area contributed by atoms with Gasteiger partial charge in [0.2, 0.25) is 0 Å². The van der Waals surface area contributed by atoms with Crippen molar-refractivity contribution in [2.45, 2.75) is 26.7 Å². The Kier molecular flexibility index (Phi) is 4.07. The molecular formula is C14H19N3OS. The first-order valence-corrected chi connectivity index (χ1v) is 7.05. The highest BCUT2D eigenvalue weighted by atomic mass is 32.1. The van der Waals surface area contributed by atoms with Gasteiger partial charge in [-0.2, -0.15) is 0 Å². The summed E-state index contributed by atoms with van der Waals surface area (Å²) in [6, 6.07) is 4.23. The minimum atomic E-state index is 0.403. The van der Waals surface area contributed by atoms with Crippen LogP contribution in [0, 0.1) is 6.92 Å². The summed E-state index contributed by atoms with van der Waals surface area (Å²) in [5.41, 5.74) is 6.99. The normalized spacial score (nSPS) is 10.8. The number of aryl methyl sites for hydroxylation is 1. The van der Waals surface area contributed by atoms with E-state index < -0.39 is 0 Å². The van der Waals surface area contributed by atoms with E-state index in [1.54, 1.807) is 7.11 Å². The molecule has 0 bridgehead atoms. The van der Waals surface area contributed by atoms with Crippen LogP contribution in [0.3, 0.4) is 0 Å². The monoisotopic (exact) mass is 277 g/mol. The molecule has 0 unspecified atom stereocenters. The summed E-state index contributed by atoms with van der Waals surface area (Å²) in [5.74, 6) is 6.72. The van der Waals surface area contributed by atoms with Gasteiger partial charge in [0.1, 0.15) is 5.75 Å². The smallest absolute Gasteiger partial charge is 0.197 e. The third-order valence-corrected chi connectivity index (χ3v) is 3.88. The van der Waals surface area contributed by atoms with Gasteiger partial charge in [-0.25, -0.2) is 10.8 Å². The number of anilines is 1. The van der Waals surface area contributed by atoms with E-state index >= 15 is 0 Å². The standard InChI is InChI=1S/C14H19N3OS/c1-8(2)10-6-11(9(3)5-13(10)18-4)12-7-19-14(16-12)17-15/h5-8H,15H2,1-4H3,(H,16,17). The molecule has 2 rings (SSSR count). The van der Waals surface area contributed by atoms with Crippen LogP contribution in [0.15, 0.2) is 17.5 Å². The Morgan fingerprint density at radius 2 is 2.11 bits per heavy atom. The largest absolute Gasteiger partial charge is 0.496 e. The van der Waals surface area contributed by atoms with Gasteiger partial charge in [-0.1, -0.05) is 13.8 Å². The molecule has 0 fully saturated rings. The Morgan fingerprint density at radius 1 is 1.37 bits per heavy atom. The van der Waals surface area contributed by atoms with Crippen LogP contribution in [-0.4, -0.2) is 12.1 Å². The lowest BCUT2D eigenvalue weighted by atomic mass is 9.95. The van der Waals surface area contributed by atoms with Crippen LogP contribution in [0.25, 0.3) is 11.3 Å². The lowest BCUT2D eigenvalue weighted by Crippen LogP contribution is -2.05. The molecule has 19 heavy (non-hydrogen) atoms. The number of hydrogen-bond donors (Lipinski definition) is 2. The van der Waals surface area contributed by atoms with Crippen molar-refractivity contribution in [2.24, 2.45) is 5.84 Å². The third-order valence-electron chi connectivity index (χ3n) is 3.10. The number of rotatable bonds is 4. The fourth-order valence-electron chi connectivity index (χ4n) is 2.07. The van der Waals surface area contributed by atoms with Crippen LogP contribution in [0.4, 0.5) is 5.13 Å². The summed E-state index contributed by atoms with van der Waals surface area (Å²) in [5, 5.41) is 2.73. The van der Waals surface area contributed by atoms with E-state index in [2.05, 4.69) is 43.3 Å². The van der Waals surface area contributed by atoms with E-state index in [9.17, 15) is 0 Å². The van der Waals surface area contributed by atoms with Crippen molar-refractivity contribution in [3.63, 3.8) is 0 Å². The Bertz CT molecular complexity index is 578. The number of nitrogens with one attached hydrogen (secondary N) is 1.